The fraction of sp³-hybridized carbons (Fsp3) is 0.333. The van der Waals surface area contributed by atoms with Gasteiger partial charge in [0.1, 0.15) is 5.82 Å². The zero-order valence-corrected chi connectivity index (χ0v) is 12.0. The second kappa shape index (κ2) is 4.75. The zero-order valence-electron chi connectivity index (χ0n) is 9.89. The predicted octanol–water partition coefficient (Wildman–Crippen LogP) is 2.46. The van der Waals surface area contributed by atoms with Gasteiger partial charge in [-0.05, 0) is 41.5 Å². The van der Waals surface area contributed by atoms with Gasteiger partial charge in [-0.2, -0.15) is 0 Å². The molecule has 3 rings (SSSR count). The highest BCUT2D eigenvalue weighted by Gasteiger charge is 2.29. The van der Waals surface area contributed by atoms with E-state index < -0.39 is 0 Å². The third-order valence-electron chi connectivity index (χ3n) is 2.84. The van der Waals surface area contributed by atoms with Crippen molar-refractivity contribution >= 4 is 28.4 Å². The van der Waals surface area contributed by atoms with Crippen LogP contribution in [0, 0.1) is 3.57 Å². The quantitative estimate of drug-likeness (QED) is 0.859. The number of rotatable bonds is 3. The Bertz CT molecular complexity index is 568. The lowest BCUT2D eigenvalue weighted by Gasteiger charge is -2.09. The molecule has 2 heterocycles. The van der Waals surface area contributed by atoms with Crippen molar-refractivity contribution in [2.45, 2.75) is 18.8 Å². The minimum atomic E-state index is 0.576. The number of hydrogen-bond donors (Lipinski definition) is 1. The first-order valence-electron chi connectivity index (χ1n) is 5.82. The molecule has 5 nitrogen and oxygen atoms in total. The van der Waals surface area contributed by atoms with Gasteiger partial charge in [-0.1, -0.05) is 0 Å². The van der Waals surface area contributed by atoms with Crippen LogP contribution in [0.15, 0.2) is 18.5 Å². The summed E-state index contributed by atoms with van der Waals surface area (Å²) in [6.45, 7) is 0. The maximum atomic E-state index is 4.63. The Hall–Kier alpha value is -1.31. The van der Waals surface area contributed by atoms with Crippen molar-refractivity contribution in [3.63, 3.8) is 0 Å². The summed E-state index contributed by atoms with van der Waals surface area (Å²) in [5, 5.41) is 3.11. The van der Waals surface area contributed by atoms with Crippen LogP contribution in [0.25, 0.3) is 11.6 Å². The van der Waals surface area contributed by atoms with E-state index in [1.165, 1.54) is 12.8 Å². The summed E-state index contributed by atoms with van der Waals surface area (Å²) in [7, 11) is 1.87. The van der Waals surface area contributed by atoms with E-state index in [0.29, 0.717) is 17.6 Å². The third kappa shape index (κ3) is 2.16. The third-order valence-corrected chi connectivity index (χ3v) is 3.91. The molecule has 1 aliphatic rings. The van der Waals surface area contributed by atoms with E-state index in [9.17, 15) is 0 Å². The van der Waals surface area contributed by atoms with Crippen molar-refractivity contribution in [3.05, 3.63) is 27.7 Å². The normalized spacial score (nSPS) is 14.6. The number of nitrogens with zero attached hydrogens (tertiary/aromatic N) is 4. The van der Waals surface area contributed by atoms with Gasteiger partial charge in [0.05, 0.1) is 9.26 Å². The van der Waals surface area contributed by atoms with E-state index in [1.807, 2.05) is 7.05 Å². The lowest BCUT2D eigenvalue weighted by Crippen LogP contribution is -2.06. The predicted molar refractivity (Wildman–Crippen MR) is 77.3 cm³/mol. The molecule has 2 aromatic heterocycles. The maximum Gasteiger partial charge on any atom is 0.200 e. The lowest BCUT2D eigenvalue weighted by atomic mass is 10.2. The number of anilines is 1. The molecular weight excluding hydrogens is 341 g/mol. The summed E-state index contributed by atoms with van der Waals surface area (Å²) in [5.41, 5.74) is 1.12. The summed E-state index contributed by atoms with van der Waals surface area (Å²) >= 11 is 2.30. The van der Waals surface area contributed by atoms with Crippen LogP contribution >= 0.6 is 22.6 Å². The Balaban J connectivity index is 2.13. The largest absolute Gasteiger partial charge is 0.372 e. The molecule has 1 aliphatic carbocycles. The van der Waals surface area contributed by atoms with Crippen LogP contribution in [0.2, 0.25) is 0 Å². The van der Waals surface area contributed by atoms with Crippen LogP contribution in [-0.2, 0) is 0 Å². The molecule has 18 heavy (non-hydrogen) atoms. The molecule has 1 N–H and O–H groups in total. The van der Waals surface area contributed by atoms with Crippen LogP contribution in [0.3, 0.4) is 0 Å². The molecule has 0 amide bonds. The Kier molecular flexibility index (Phi) is 3.11. The van der Waals surface area contributed by atoms with Gasteiger partial charge < -0.3 is 5.32 Å². The lowest BCUT2D eigenvalue weighted by molar-refractivity contribution is 0.962. The zero-order chi connectivity index (χ0) is 12.5. The monoisotopic (exact) mass is 353 g/mol. The van der Waals surface area contributed by atoms with Gasteiger partial charge in [-0.15, -0.1) is 0 Å². The van der Waals surface area contributed by atoms with E-state index in [2.05, 4.69) is 47.8 Å². The van der Waals surface area contributed by atoms with E-state index in [1.54, 1.807) is 18.5 Å². The molecule has 0 bridgehead atoms. The van der Waals surface area contributed by atoms with Gasteiger partial charge in [0, 0.05) is 25.4 Å². The fourth-order valence-corrected chi connectivity index (χ4v) is 2.72. The number of hydrogen-bond acceptors (Lipinski definition) is 5. The molecule has 0 spiro atoms. The van der Waals surface area contributed by atoms with Crippen LogP contribution in [-0.4, -0.2) is 27.0 Å². The van der Waals surface area contributed by atoms with Crippen LogP contribution in [0.4, 0.5) is 5.82 Å². The van der Waals surface area contributed by atoms with Gasteiger partial charge >= 0.3 is 0 Å². The molecule has 0 aromatic carbocycles. The molecule has 1 fully saturated rings. The summed E-state index contributed by atoms with van der Waals surface area (Å²) in [6, 6.07) is 1.79. The molecule has 0 saturated heterocycles. The Morgan fingerprint density at radius 1 is 1.17 bits per heavy atom. The van der Waals surface area contributed by atoms with Crippen molar-refractivity contribution in [2.24, 2.45) is 0 Å². The Labute approximate surface area is 119 Å². The average molecular weight is 353 g/mol. The topological polar surface area (TPSA) is 63.6 Å². The van der Waals surface area contributed by atoms with Crippen molar-refractivity contribution in [2.75, 3.05) is 12.4 Å². The highest BCUT2D eigenvalue weighted by Crippen LogP contribution is 2.42. The molecule has 6 heteroatoms. The summed E-state index contributed by atoms with van der Waals surface area (Å²) in [4.78, 5) is 17.5. The smallest absolute Gasteiger partial charge is 0.200 e. The van der Waals surface area contributed by atoms with Crippen LogP contribution in [0.1, 0.15) is 24.5 Å². The number of nitrogens with one attached hydrogen (secondary N) is 1. The van der Waals surface area contributed by atoms with E-state index in [0.717, 1.165) is 15.1 Å². The highest BCUT2D eigenvalue weighted by atomic mass is 127. The summed E-state index contributed by atoms with van der Waals surface area (Å²) in [6.07, 6.45) is 5.84. The van der Waals surface area contributed by atoms with Crippen molar-refractivity contribution in [1.82, 2.24) is 19.9 Å². The fourth-order valence-electron chi connectivity index (χ4n) is 1.77. The van der Waals surface area contributed by atoms with E-state index in [4.69, 9.17) is 0 Å². The first-order valence-corrected chi connectivity index (χ1v) is 6.90. The highest BCUT2D eigenvalue weighted by molar-refractivity contribution is 14.1. The Morgan fingerprint density at radius 3 is 2.50 bits per heavy atom. The van der Waals surface area contributed by atoms with Crippen LogP contribution in [0.5, 0.6) is 0 Å². The molecule has 0 atom stereocenters. The standard InChI is InChI=1S/C12H12IN5/c1-14-10-8(13)9(7-3-4-7)17-12(18-10)11-15-5-2-6-16-11/h2,5-7H,3-4H2,1H3,(H,14,17,18). The van der Waals surface area contributed by atoms with Crippen molar-refractivity contribution in [3.8, 4) is 11.6 Å². The Morgan fingerprint density at radius 2 is 1.89 bits per heavy atom. The molecular formula is C12H12IN5. The summed E-state index contributed by atoms with van der Waals surface area (Å²) < 4.78 is 1.11. The first kappa shape index (κ1) is 11.8. The first-order chi connectivity index (χ1) is 8.79. The minimum Gasteiger partial charge on any atom is -0.372 e. The second-order valence-corrected chi connectivity index (χ2v) is 5.27. The van der Waals surface area contributed by atoms with E-state index >= 15 is 0 Å². The molecule has 2 aromatic rings. The molecule has 0 radical (unpaired) electrons. The van der Waals surface area contributed by atoms with E-state index in [-0.39, 0.29) is 0 Å². The molecule has 0 unspecified atom stereocenters. The van der Waals surface area contributed by atoms with Crippen molar-refractivity contribution in [1.29, 1.82) is 0 Å². The molecule has 92 valence electrons. The van der Waals surface area contributed by atoms with Gasteiger partial charge in [0.15, 0.2) is 11.6 Å². The molecule has 0 aliphatic heterocycles. The van der Waals surface area contributed by atoms with Gasteiger partial charge in [-0.25, -0.2) is 19.9 Å². The van der Waals surface area contributed by atoms with Gasteiger partial charge in [0.25, 0.3) is 0 Å². The van der Waals surface area contributed by atoms with Gasteiger partial charge in [0.2, 0.25) is 0 Å². The van der Waals surface area contributed by atoms with Crippen LogP contribution < -0.4 is 5.32 Å². The maximum absolute atomic E-state index is 4.63. The molecule has 1 saturated carbocycles. The van der Waals surface area contributed by atoms with Gasteiger partial charge in [-0.3, -0.25) is 0 Å². The second-order valence-electron chi connectivity index (χ2n) is 4.19. The average Bonchev–Trinajstić information content (AvgIpc) is 3.24. The number of halogens is 1. The van der Waals surface area contributed by atoms with Crippen molar-refractivity contribution < 1.29 is 0 Å². The SMILES string of the molecule is CNc1nc(-c2ncccn2)nc(C2CC2)c1I. The minimum absolute atomic E-state index is 0.576. The summed E-state index contributed by atoms with van der Waals surface area (Å²) in [5.74, 6) is 2.61. The number of aromatic nitrogens is 4.